The Morgan fingerprint density at radius 2 is 1.63 bits per heavy atom. The van der Waals surface area contributed by atoms with Gasteiger partial charge in [0.2, 0.25) is 5.91 Å². The Labute approximate surface area is 160 Å². The van der Waals surface area contributed by atoms with Crippen molar-refractivity contribution < 1.29 is 13.2 Å². The highest BCUT2D eigenvalue weighted by Gasteiger charge is 2.12. The van der Waals surface area contributed by atoms with Crippen LogP contribution in [0.5, 0.6) is 0 Å². The van der Waals surface area contributed by atoms with E-state index in [9.17, 15) is 13.2 Å². The molecule has 0 saturated heterocycles. The van der Waals surface area contributed by atoms with Gasteiger partial charge in [-0.25, -0.2) is 4.83 Å². The van der Waals surface area contributed by atoms with E-state index in [1.54, 1.807) is 0 Å². The highest BCUT2D eigenvalue weighted by atomic mass is 32.2. The third-order valence-corrected chi connectivity index (χ3v) is 5.13. The summed E-state index contributed by atoms with van der Waals surface area (Å²) < 4.78 is 24.5. The Morgan fingerprint density at radius 1 is 1.04 bits per heavy atom. The van der Waals surface area contributed by atoms with Crippen molar-refractivity contribution in [3.05, 3.63) is 54.1 Å². The van der Waals surface area contributed by atoms with Crippen LogP contribution in [0.4, 0.5) is 11.4 Å². The van der Waals surface area contributed by atoms with Gasteiger partial charge in [0.15, 0.2) is 0 Å². The zero-order valence-electron chi connectivity index (χ0n) is 15.6. The average Bonchev–Trinajstić information content (AvgIpc) is 2.64. The maximum absolute atomic E-state index is 12.3. The summed E-state index contributed by atoms with van der Waals surface area (Å²) in [4.78, 5) is 15.5. The van der Waals surface area contributed by atoms with Crippen molar-refractivity contribution in [1.82, 2.24) is 4.83 Å². The number of carbonyl (C=O) groups excluding carboxylic acids is 1. The number of amides is 1. The molecule has 0 aliphatic rings. The Hall–Kier alpha value is -2.87. The normalized spacial score (nSPS) is 11.4. The van der Waals surface area contributed by atoms with Gasteiger partial charge in [0, 0.05) is 31.4 Å². The second-order valence-corrected chi connectivity index (χ2v) is 7.48. The number of nitrogens with one attached hydrogen (secondary N) is 2. The zero-order valence-corrected chi connectivity index (χ0v) is 16.5. The fraction of sp³-hybridized carbons (Fsp3) is 0.263. The first-order valence-electron chi connectivity index (χ1n) is 8.63. The molecule has 0 saturated carbocycles. The van der Waals surface area contributed by atoms with Gasteiger partial charge in [0.1, 0.15) is 0 Å². The summed E-state index contributed by atoms with van der Waals surface area (Å²) >= 11 is 0. The van der Waals surface area contributed by atoms with Crippen molar-refractivity contribution in [2.75, 3.05) is 23.3 Å². The van der Waals surface area contributed by atoms with Gasteiger partial charge in [-0.2, -0.15) is 13.5 Å². The number of anilines is 2. The lowest BCUT2D eigenvalue weighted by Crippen LogP contribution is -2.21. The summed E-state index contributed by atoms with van der Waals surface area (Å²) in [7, 11) is -3.77. The quantitative estimate of drug-likeness (QED) is 0.537. The van der Waals surface area contributed by atoms with Crippen LogP contribution in [0.15, 0.2) is 58.5 Å². The number of sulfonamides is 1. The van der Waals surface area contributed by atoms with E-state index in [4.69, 9.17) is 0 Å². The lowest BCUT2D eigenvalue weighted by molar-refractivity contribution is -0.114. The van der Waals surface area contributed by atoms with E-state index in [0.29, 0.717) is 5.69 Å². The molecule has 2 aromatic carbocycles. The molecule has 0 aliphatic carbocycles. The summed E-state index contributed by atoms with van der Waals surface area (Å²) in [5, 5.41) is 6.41. The minimum atomic E-state index is -3.77. The Balaban J connectivity index is 2.02. The van der Waals surface area contributed by atoms with Crippen LogP contribution in [0.1, 0.15) is 26.3 Å². The molecule has 2 aromatic rings. The number of hydrogen-bond acceptors (Lipinski definition) is 5. The van der Waals surface area contributed by atoms with Crippen molar-refractivity contribution in [2.45, 2.75) is 25.7 Å². The second-order valence-electron chi connectivity index (χ2n) is 5.82. The van der Waals surface area contributed by atoms with Crippen LogP contribution in [0, 0.1) is 0 Å². The molecule has 2 N–H and O–H groups in total. The van der Waals surface area contributed by atoms with E-state index in [1.165, 1.54) is 37.4 Å². The highest BCUT2D eigenvalue weighted by Crippen LogP contribution is 2.15. The van der Waals surface area contributed by atoms with Crippen molar-refractivity contribution in [3.63, 3.8) is 0 Å². The van der Waals surface area contributed by atoms with Gasteiger partial charge in [-0.15, -0.1) is 0 Å². The zero-order chi connectivity index (χ0) is 19.9. The molecule has 27 heavy (non-hydrogen) atoms. The molecular weight excluding hydrogens is 364 g/mol. The van der Waals surface area contributed by atoms with Gasteiger partial charge in [0.25, 0.3) is 10.0 Å². The molecule has 0 spiro atoms. The lowest BCUT2D eigenvalue weighted by Gasteiger charge is -2.20. The molecule has 0 atom stereocenters. The standard InChI is InChI=1S/C19H24N4O3S/c1-4-23(5-2)18-10-6-16(7-11-18)14-20-22-27(25,26)19-12-8-17(9-13-19)21-15(3)24/h6-14,22H,4-5H2,1-3H3,(H,21,24)/b20-14+. The average molecular weight is 388 g/mol. The van der Waals surface area contributed by atoms with Gasteiger partial charge < -0.3 is 10.2 Å². The number of benzene rings is 2. The SMILES string of the molecule is CCN(CC)c1ccc(/C=N/NS(=O)(=O)c2ccc(NC(C)=O)cc2)cc1. The fourth-order valence-corrected chi connectivity index (χ4v) is 3.29. The molecular formula is C19H24N4O3S. The van der Waals surface area contributed by atoms with E-state index in [1.807, 2.05) is 24.3 Å². The Morgan fingerprint density at radius 3 is 2.15 bits per heavy atom. The van der Waals surface area contributed by atoms with Crippen molar-refractivity contribution in [2.24, 2.45) is 5.10 Å². The van der Waals surface area contributed by atoms with Gasteiger partial charge >= 0.3 is 0 Å². The third-order valence-electron chi connectivity index (χ3n) is 3.89. The van der Waals surface area contributed by atoms with Crippen LogP contribution < -0.4 is 15.0 Å². The maximum atomic E-state index is 12.3. The van der Waals surface area contributed by atoms with E-state index in [0.717, 1.165) is 24.3 Å². The topological polar surface area (TPSA) is 90.9 Å². The summed E-state index contributed by atoms with van der Waals surface area (Å²) in [5.41, 5.74) is 2.42. The first-order chi connectivity index (χ1) is 12.9. The number of hydrogen-bond donors (Lipinski definition) is 2. The van der Waals surface area contributed by atoms with Gasteiger partial charge in [-0.05, 0) is 55.8 Å². The lowest BCUT2D eigenvalue weighted by atomic mass is 10.2. The summed E-state index contributed by atoms with van der Waals surface area (Å²) in [6.45, 7) is 7.41. The minimum Gasteiger partial charge on any atom is -0.372 e. The molecule has 2 rings (SSSR count). The number of hydrazone groups is 1. The molecule has 0 aromatic heterocycles. The van der Waals surface area contributed by atoms with Crippen molar-refractivity contribution in [1.29, 1.82) is 0 Å². The number of nitrogens with zero attached hydrogens (tertiary/aromatic N) is 2. The molecule has 144 valence electrons. The van der Waals surface area contributed by atoms with Gasteiger partial charge in [-0.1, -0.05) is 12.1 Å². The first-order valence-corrected chi connectivity index (χ1v) is 10.1. The first kappa shape index (κ1) is 20.4. The summed E-state index contributed by atoms with van der Waals surface area (Å²) in [5.74, 6) is -0.222. The van der Waals surface area contributed by atoms with E-state index >= 15 is 0 Å². The number of carbonyl (C=O) groups is 1. The van der Waals surface area contributed by atoms with Crippen LogP contribution in [0.3, 0.4) is 0 Å². The molecule has 8 heteroatoms. The van der Waals surface area contributed by atoms with E-state index in [-0.39, 0.29) is 10.8 Å². The summed E-state index contributed by atoms with van der Waals surface area (Å²) in [6, 6.07) is 13.6. The Bertz CT molecular complexity index is 888. The molecule has 7 nitrogen and oxygen atoms in total. The molecule has 0 unspecified atom stereocenters. The predicted molar refractivity (Wildman–Crippen MR) is 109 cm³/mol. The monoisotopic (exact) mass is 388 g/mol. The van der Waals surface area contributed by atoms with E-state index in [2.05, 4.69) is 34.0 Å². The van der Waals surface area contributed by atoms with Crippen LogP contribution >= 0.6 is 0 Å². The molecule has 0 radical (unpaired) electrons. The van der Waals surface area contributed by atoms with Gasteiger partial charge in [0.05, 0.1) is 11.1 Å². The van der Waals surface area contributed by atoms with Crippen LogP contribution in [0.2, 0.25) is 0 Å². The molecule has 1 amide bonds. The molecule has 0 heterocycles. The second kappa shape index (κ2) is 9.18. The maximum Gasteiger partial charge on any atom is 0.276 e. The highest BCUT2D eigenvalue weighted by molar-refractivity contribution is 7.89. The predicted octanol–water partition coefficient (Wildman–Crippen LogP) is 2.80. The van der Waals surface area contributed by atoms with Crippen LogP contribution in [-0.2, 0) is 14.8 Å². The fourth-order valence-electron chi connectivity index (χ4n) is 2.50. The van der Waals surface area contributed by atoms with Crippen molar-refractivity contribution >= 4 is 33.5 Å². The van der Waals surface area contributed by atoms with E-state index < -0.39 is 10.0 Å². The summed E-state index contributed by atoms with van der Waals surface area (Å²) in [6.07, 6.45) is 1.45. The molecule has 0 fully saturated rings. The molecule has 0 aliphatic heterocycles. The molecule has 0 bridgehead atoms. The largest absolute Gasteiger partial charge is 0.372 e. The smallest absolute Gasteiger partial charge is 0.276 e. The Kier molecular flexibility index (Phi) is 6.95. The minimum absolute atomic E-state index is 0.0608. The van der Waals surface area contributed by atoms with Crippen LogP contribution in [0.25, 0.3) is 0 Å². The van der Waals surface area contributed by atoms with Gasteiger partial charge in [-0.3, -0.25) is 4.79 Å². The third kappa shape index (κ3) is 5.82. The van der Waals surface area contributed by atoms with Crippen LogP contribution in [-0.4, -0.2) is 33.6 Å². The van der Waals surface area contributed by atoms with Crippen molar-refractivity contribution in [3.8, 4) is 0 Å². The number of rotatable bonds is 8.